The van der Waals surface area contributed by atoms with E-state index >= 15 is 0 Å². The summed E-state index contributed by atoms with van der Waals surface area (Å²) < 4.78 is 5.71. The van der Waals surface area contributed by atoms with Crippen LogP contribution in [-0.2, 0) is 6.42 Å². The largest absolute Gasteiger partial charge is 0.493 e. The summed E-state index contributed by atoms with van der Waals surface area (Å²) in [4.78, 5) is 12.6. The van der Waals surface area contributed by atoms with E-state index in [1.165, 1.54) is 16.9 Å². The average molecular weight is 273 g/mol. The molecule has 0 fully saturated rings. The van der Waals surface area contributed by atoms with Gasteiger partial charge in [-0.15, -0.1) is 11.3 Å². The number of hydrogen-bond donors (Lipinski definition) is 1. The van der Waals surface area contributed by atoms with Gasteiger partial charge in [0.15, 0.2) is 0 Å². The third-order valence-electron chi connectivity index (χ3n) is 3.25. The molecule has 2 heterocycles. The number of nitrogens with one attached hydrogen (secondary N) is 1. The highest BCUT2D eigenvalue weighted by Crippen LogP contribution is 2.26. The molecule has 1 N–H and O–H groups in total. The average Bonchev–Trinajstić information content (AvgIpc) is 2.99. The second kappa shape index (κ2) is 5.45. The second-order valence-corrected chi connectivity index (χ2v) is 5.62. The monoisotopic (exact) mass is 273 g/mol. The minimum absolute atomic E-state index is 0.00820. The SMILES string of the molecule is O=C(NCC1COc2ccccc2C1)c1cccs1. The maximum atomic E-state index is 11.9. The van der Waals surface area contributed by atoms with Gasteiger partial charge in [-0.2, -0.15) is 0 Å². The van der Waals surface area contributed by atoms with Gasteiger partial charge in [0.25, 0.3) is 5.91 Å². The Balaban J connectivity index is 1.57. The molecular formula is C15H15NO2S. The predicted molar refractivity (Wildman–Crippen MR) is 75.8 cm³/mol. The van der Waals surface area contributed by atoms with Crippen LogP contribution < -0.4 is 10.1 Å². The summed E-state index contributed by atoms with van der Waals surface area (Å²) in [5.74, 6) is 1.33. The second-order valence-electron chi connectivity index (χ2n) is 4.68. The Hall–Kier alpha value is -1.81. The molecule has 0 radical (unpaired) electrons. The van der Waals surface area contributed by atoms with E-state index in [-0.39, 0.29) is 5.91 Å². The van der Waals surface area contributed by atoms with Crippen molar-refractivity contribution in [2.75, 3.05) is 13.2 Å². The van der Waals surface area contributed by atoms with Crippen LogP contribution in [-0.4, -0.2) is 19.1 Å². The summed E-state index contributed by atoms with van der Waals surface area (Å²) in [5, 5.41) is 4.89. The molecule has 1 aliphatic heterocycles. The Labute approximate surface area is 116 Å². The van der Waals surface area contributed by atoms with E-state index in [1.807, 2.05) is 35.7 Å². The normalized spacial score (nSPS) is 17.4. The number of amides is 1. The van der Waals surface area contributed by atoms with Gasteiger partial charge in [-0.1, -0.05) is 24.3 Å². The fraction of sp³-hybridized carbons (Fsp3) is 0.267. The zero-order chi connectivity index (χ0) is 13.1. The zero-order valence-electron chi connectivity index (χ0n) is 10.5. The molecule has 19 heavy (non-hydrogen) atoms. The molecule has 0 saturated carbocycles. The number of benzene rings is 1. The van der Waals surface area contributed by atoms with Gasteiger partial charge in [-0.25, -0.2) is 0 Å². The molecule has 1 aromatic heterocycles. The number of carbonyl (C=O) groups excluding carboxylic acids is 1. The van der Waals surface area contributed by atoms with Crippen LogP contribution in [0.5, 0.6) is 5.75 Å². The van der Waals surface area contributed by atoms with E-state index < -0.39 is 0 Å². The summed E-state index contributed by atoms with van der Waals surface area (Å²) in [6.07, 6.45) is 0.959. The molecule has 4 heteroatoms. The van der Waals surface area contributed by atoms with Crippen LogP contribution >= 0.6 is 11.3 Å². The number of fused-ring (bicyclic) bond motifs is 1. The quantitative estimate of drug-likeness (QED) is 0.934. The fourth-order valence-corrected chi connectivity index (χ4v) is 2.89. The van der Waals surface area contributed by atoms with Crippen molar-refractivity contribution in [3.63, 3.8) is 0 Å². The van der Waals surface area contributed by atoms with Crippen LogP contribution in [0, 0.1) is 5.92 Å². The summed E-state index contributed by atoms with van der Waals surface area (Å²) >= 11 is 1.46. The van der Waals surface area contributed by atoms with Gasteiger partial charge in [-0.05, 0) is 29.5 Å². The first-order chi connectivity index (χ1) is 9.33. The van der Waals surface area contributed by atoms with Gasteiger partial charge < -0.3 is 10.1 Å². The lowest BCUT2D eigenvalue weighted by atomic mass is 9.97. The fourth-order valence-electron chi connectivity index (χ4n) is 2.25. The standard InChI is InChI=1S/C15H15NO2S/c17-15(14-6-3-7-19-14)16-9-11-8-12-4-1-2-5-13(12)18-10-11/h1-7,11H,8-10H2,(H,16,17). The van der Waals surface area contributed by atoms with Gasteiger partial charge in [0.1, 0.15) is 5.75 Å². The van der Waals surface area contributed by atoms with Crippen LogP contribution in [0.4, 0.5) is 0 Å². The molecule has 1 aliphatic rings. The van der Waals surface area contributed by atoms with E-state index in [1.54, 1.807) is 0 Å². The highest BCUT2D eigenvalue weighted by atomic mass is 32.1. The lowest BCUT2D eigenvalue weighted by Crippen LogP contribution is -2.34. The van der Waals surface area contributed by atoms with E-state index in [0.717, 1.165) is 17.0 Å². The van der Waals surface area contributed by atoms with Crippen molar-refractivity contribution in [2.24, 2.45) is 5.92 Å². The number of para-hydroxylation sites is 1. The van der Waals surface area contributed by atoms with Crippen LogP contribution in [0.2, 0.25) is 0 Å². The van der Waals surface area contributed by atoms with Gasteiger partial charge in [0, 0.05) is 12.5 Å². The molecule has 0 spiro atoms. The number of rotatable bonds is 3. The third-order valence-corrected chi connectivity index (χ3v) is 4.12. The smallest absolute Gasteiger partial charge is 0.261 e. The maximum absolute atomic E-state index is 11.9. The zero-order valence-corrected chi connectivity index (χ0v) is 11.3. The van der Waals surface area contributed by atoms with Crippen molar-refractivity contribution >= 4 is 17.2 Å². The summed E-state index contributed by atoms with van der Waals surface area (Å²) in [5.41, 5.74) is 1.23. The Kier molecular flexibility index (Phi) is 3.51. The van der Waals surface area contributed by atoms with Gasteiger partial charge in [0.05, 0.1) is 11.5 Å². The number of carbonyl (C=O) groups is 1. The van der Waals surface area contributed by atoms with Crippen molar-refractivity contribution in [1.82, 2.24) is 5.32 Å². The summed E-state index contributed by atoms with van der Waals surface area (Å²) in [7, 11) is 0. The Morgan fingerprint density at radius 3 is 3.05 bits per heavy atom. The van der Waals surface area contributed by atoms with E-state index in [4.69, 9.17) is 4.74 Å². The van der Waals surface area contributed by atoms with Crippen molar-refractivity contribution in [3.8, 4) is 5.75 Å². The van der Waals surface area contributed by atoms with Gasteiger partial charge in [0.2, 0.25) is 0 Å². The molecule has 0 bridgehead atoms. The summed E-state index contributed by atoms with van der Waals surface area (Å²) in [6, 6.07) is 11.8. The van der Waals surface area contributed by atoms with Crippen LogP contribution in [0.25, 0.3) is 0 Å². The first kappa shape index (κ1) is 12.2. The van der Waals surface area contributed by atoms with E-state index in [9.17, 15) is 4.79 Å². The molecule has 0 aliphatic carbocycles. The topological polar surface area (TPSA) is 38.3 Å². The molecule has 3 nitrogen and oxygen atoms in total. The molecule has 2 aromatic rings. The predicted octanol–water partition coefficient (Wildman–Crippen LogP) is 2.73. The van der Waals surface area contributed by atoms with Crippen molar-refractivity contribution in [3.05, 3.63) is 52.2 Å². The Morgan fingerprint density at radius 2 is 2.21 bits per heavy atom. The van der Waals surface area contributed by atoms with E-state index in [2.05, 4.69) is 11.4 Å². The van der Waals surface area contributed by atoms with Crippen molar-refractivity contribution in [1.29, 1.82) is 0 Å². The highest BCUT2D eigenvalue weighted by molar-refractivity contribution is 7.12. The molecular weight excluding hydrogens is 258 g/mol. The molecule has 1 aromatic carbocycles. The first-order valence-corrected chi connectivity index (χ1v) is 7.23. The molecule has 0 saturated heterocycles. The lowest BCUT2D eigenvalue weighted by molar-refractivity contribution is 0.0943. The van der Waals surface area contributed by atoms with Crippen LogP contribution in [0.3, 0.4) is 0 Å². The van der Waals surface area contributed by atoms with Gasteiger partial charge in [-0.3, -0.25) is 4.79 Å². The lowest BCUT2D eigenvalue weighted by Gasteiger charge is -2.25. The van der Waals surface area contributed by atoms with Crippen molar-refractivity contribution < 1.29 is 9.53 Å². The highest BCUT2D eigenvalue weighted by Gasteiger charge is 2.20. The molecule has 3 rings (SSSR count). The van der Waals surface area contributed by atoms with Crippen LogP contribution in [0.15, 0.2) is 41.8 Å². The third kappa shape index (κ3) is 2.79. The van der Waals surface area contributed by atoms with Crippen LogP contribution in [0.1, 0.15) is 15.2 Å². The minimum Gasteiger partial charge on any atom is -0.493 e. The molecule has 1 unspecified atom stereocenters. The van der Waals surface area contributed by atoms with Gasteiger partial charge >= 0.3 is 0 Å². The maximum Gasteiger partial charge on any atom is 0.261 e. The number of ether oxygens (including phenoxy) is 1. The number of thiophene rings is 1. The minimum atomic E-state index is 0.00820. The summed E-state index contributed by atoms with van der Waals surface area (Å²) in [6.45, 7) is 1.33. The molecule has 98 valence electrons. The Bertz CT molecular complexity index is 565. The van der Waals surface area contributed by atoms with E-state index in [0.29, 0.717) is 19.1 Å². The molecule has 1 amide bonds. The molecule has 1 atom stereocenters. The Morgan fingerprint density at radius 1 is 1.32 bits per heavy atom. The number of hydrogen-bond acceptors (Lipinski definition) is 3. The first-order valence-electron chi connectivity index (χ1n) is 6.35. The van der Waals surface area contributed by atoms with Crippen molar-refractivity contribution in [2.45, 2.75) is 6.42 Å².